The van der Waals surface area contributed by atoms with Crippen molar-refractivity contribution in [2.75, 3.05) is 7.11 Å². The van der Waals surface area contributed by atoms with E-state index in [-0.39, 0.29) is 17.9 Å². The molecule has 0 amide bonds. The monoisotopic (exact) mass is 299 g/mol. The highest BCUT2D eigenvalue weighted by atomic mass is 32.1. The van der Waals surface area contributed by atoms with Crippen LogP contribution in [0.3, 0.4) is 0 Å². The van der Waals surface area contributed by atoms with Gasteiger partial charge in [0.2, 0.25) is 5.91 Å². The quantitative estimate of drug-likeness (QED) is 0.747. The molecule has 3 aromatic rings. The predicted molar refractivity (Wildman–Crippen MR) is 83.4 cm³/mol. The Bertz CT molecular complexity index is 863. The van der Waals surface area contributed by atoms with Gasteiger partial charge in [-0.1, -0.05) is 30.3 Å². The highest BCUT2D eigenvalue weighted by Gasteiger charge is 2.15. The molecule has 5 heteroatoms. The van der Waals surface area contributed by atoms with Crippen LogP contribution in [-0.4, -0.2) is 17.0 Å². The van der Waals surface area contributed by atoms with Crippen LogP contribution in [-0.2, 0) is 6.42 Å². The van der Waals surface area contributed by atoms with E-state index in [0.29, 0.717) is 11.1 Å². The summed E-state index contributed by atoms with van der Waals surface area (Å²) in [5.41, 5.74) is 0.518. The lowest BCUT2D eigenvalue weighted by Crippen LogP contribution is -2.22. The number of hydrogen-bond donors (Lipinski definition) is 0. The van der Waals surface area contributed by atoms with Gasteiger partial charge >= 0.3 is 0 Å². The molecule has 0 saturated carbocycles. The van der Waals surface area contributed by atoms with Crippen molar-refractivity contribution in [3.63, 3.8) is 0 Å². The molecule has 21 heavy (non-hydrogen) atoms. The van der Waals surface area contributed by atoms with Crippen LogP contribution in [0.5, 0.6) is 5.75 Å². The Kier molecular flexibility index (Phi) is 3.58. The molecule has 0 N–H and O–H groups in total. The number of benzene rings is 2. The Morgan fingerprint density at radius 1 is 1.14 bits per heavy atom. The Hall–Kier alpha value is -2.40. The second-order valence-electron chi connectivity index (χ2n) is 4.57. The fraction of sp³-hybridized carbons (Fsp3) is 0.125. The van der Waals surface area contributed by atoms with E-state index in [4.69, 9.17) is 4.74 Å². The first-order valence-electron chi connectivity index (χ1n) is 6.47. The van der Waals surface area contributed by atoms with Gasteiger partial charge in [0.15, 0.2) is 0 Å². The van der Waals surface area contributed by atoms with Gasteiger partial charge in [-0.25, -0.2) is 0 Å². The molecule has 0 spiro atoms. The number of methoxy groups -OCH3 is 1. The predicted octanol–water partition coefficient (Wildman–Crippen LogP) is 2.95. The van der Waals surface area contributed by atoms with Crippen molar-refractivity contribution >= 4 is 27.5 Å². The second-order valence-corrected chi connectivity index (χ2v) is 5.56. The summed E-state index contributed by atoms with van der Waals surface area (Å²) in [5, 5.41) is 0.580. The largest absolute Gasteiger partial charge is 0.496 e. The van der Waals surface area contributed by atoms with E-state index in [9.17, 15) is 9.59 Å². The fourth-order valence-electron chi connectivity index (χ4n) is 2.22. The molecule has 106 valence electrons. The van der Waals surface area contributed by atoms with Crippen molar-refractivity contribution in [2.24, 2.45) is 0 Å². The molecule has 0 radical (unpaired) electrons. The third-order valence-electron chi connectivity index (χ3n) is 3.25. The van der Waals surface area contributed by atoms with Gasteiger partial charge in [0.1, 0.15) is 5.75 Å². The molecule has 0 aliphatic heterocycles. The van der Waals surface area contributed by atoms with Crippen LogP contribution in [0.2, 0.25) is 0 Å². The molecule has 0 atom stereocenters. The smallest absolute Gasteiger partial charge is 0.275 e. The topological polar surface area (TPSA) is 48.3 Å². The standard InChI is InChI=1S/C16H13NO3S/c1-20-13-8-4-2-6-11(13)10-15(18)17-16(19)12-7-3-5-9-14(12)21-17/h2-9H,10H2,1H3. The van der Waals surface area contributed by atoms with Gasteiger partial charge in [0, 0.05) is 5.56 Å². The normalized spacial score (nSPS) is 10.7. The Morgan fingerprint density at radius 2 is 1.86 bits per heavy atom. The summed E-state index contributed by atoms with van der Waals surface area (Å²) in [4.78, 5) is 24.6. The van der Waals surface area contributed by atoms with Gasteiger partial charge in [0.05, 0.1) is 23.6 Å². The molecule has 4 nitrogen and oxygen atoms in total. The fourth-order valence-corrected chi connectivity index (χ4v) is 3.16. The van der Waals surface area contributed by atoms with E-state index >= 15 is 0 Å². The molecular weight excluding hydrogens is 286 g/mol. The van der Waals surface area contributed by atoms with Crippen molar-refractivity contribution in [2.45, 2.75) is 6.42 Å². The molecule has 0 aliphatic carbocycles. The Labute approximate surface area is 125 Å². The Morgan fingerprint density at radius 3 is 2.62 bits per heavy atom. The number of ether oxygens (including phenoxy) is 1. The molecule has 0 fully saturated rings. The van der Waals surface area contributed by atoms with Crippen LogP contribution >= 0.6 is 11.5 Å². The van der Waals surface area contributed by atoms with E-state index in [2.05, 4.69) is 0 Å². The molecule has 2 aromatic carbocycles. The van der Waals surface area contributed by atoms with Crippen LogP contribution in [0.1, 0.15) is 10.4 Å². The molecule has 0 bridgehead atoms. The molecule has 3 rings (SSSR count). The average Bonchev–Trinajstić information content (AvgIpc) is 2.85. The summed E-state index contributed by atoms with van der Waals surface area (Å²) >= 11 is 1.18. The highest BCUT2D eigenvalue weighted by Crippen LogP contribution is 2.20. The maximum Gasteiger partial charge on any atom is 0.275 e. The zero-order valence-electron chi connectivity index (χ0n) is 11.4. The molecule has 0 aliphatic rings. The minimum absolute atomic E-state index is 0.136. The molecule has 0 unspecified atom stereocenters. The Balaban J connectivity index is 1.98. The lowest BCUT2D eigenvalue weighted by molar-refractivity contribution is 0.0922. The van der Waals surface area contributed by atoms with E-state index in [1.807, 2.05) is 30.3 Å². The van der Waals surface area contributed by atoms with Crippen molar-refractivity contribution in [3.05, 3.63) is 64.4 Å². The summed E-state index contributed by atoms with van der Waals surface area (Å²) in [6.07, 6.45) is 0.136. The number of carbonyl (C=O) groups excluding carboxylic acids is 1. The number of nitrogens with zero attached hydrogens (tertiary/aromatic N) is 1. The van der Waals surface area contributed by atoms with Crippen LogP contribution in [0, 0.1) is 0 Å². The van der Waals surface area contributed by atoms with E-state index < -0.39 is 0 Å². The summed E-state index contributed by atoms with van der Waals surface area (Å²) in [6.45, 7) is 0. The average molecular weight is 299 g/mol. The first kappa shape index (κ1) is 13.6. The summed E-state index contributed by atoms with van der Waals surface area (Å²) in [6, 6.07) is 14.6. The number of fused-ring (bicyclic) bond motifs is 1. The zero-order valence-corrected chi connectivity index (χ0v) is 12.2. The van der Waals surface area contributed by atoms with Gasteiger partial charge in [-0.3, -0.25) is 9.59 Å². The van der Waals surface area contributed by atoms with Crippen LogP contribution < -0.4 is 10.3 Å². The van der Waals surface area contributed by atoms with Crippen LogP contribution in [0.25, 0.3) is 10.1 Å². The van der Waals surface area contributed by atoms with Gasteiger partial charge in [-0.2, -0.15) is 3.96 Å². The second kappa shape index (κ2) is 5.54. The van der Waals surface area contributed by atoms with Crippen LogP contribution in [0.15, 0.2) is 53.3 Å². The van der Waals surface area contributed by atoms with Gasteiger partial charge in [-0.05, 0) is 29.7 Å². The molecule has 0 saturated heterocycles. The van der Waals surface area contributed by atoms with E-state index in [0.717, 1.165) is 10.3 Å². The zero-order chi connectivity index (χ0) is 14.8. The lowest BCUT2D eigenvalue weighted by Gasteiger charge is -2.06. The third-order valence-corrected chi connectivity index (χ3v) is 4.36. The van der Waals surface area contributed by atoms with Crippen molar-refractivity contribution in [1.29, 1.82) is 0 Å². The van der Waals surface area contributed by atoms with E-state index in [1.54, 1.807) is 25.3 Å². The summed E-state index contributed by atoms with van der Waals surface area (Å²) < 4.78 is 7.27. The minimum Gasteiger partial charge on any atom is -0.496 e. The number of hydrogen-bond acceptors (Lipinski definition) is 4. The van der Waals surface area contributed by atoms with Gasteiger partial charge < -0.3 is 4.74 Å². The number of para-hydroxylation sites is 1. The maximum absolute atomic E-state index is 12.4. The van der Waals surface area contributed by atoms with Gasteiger partial charge in [-0.15, -0.1) is 0 Å². The molecular formula is C16H13NO3S. The van der Waals surface area contributed by atoms with E-state index in [1.165, 1.54) is 15.5 Å². The number of aromatic nitrogens is 1. The lowest BCUT2D eigenvalue weighted by atomic mass is 10.1. The number of rotatable bonds is 3. The maximum atomic E-state index is 12.4. The van der Waals surface area contributed by atoms with Crippen molar-refractivity contribution in [3.8, 4) is 5.75 Å². The van der Waals surface area contributed by atoms with Crippen molar-refractivity contribution < 1.29 is 9.53 Å². The first-order valence-corrected chi connectivity index (χ1v) is 7.24. The first-order chi connectivity index (χ1) is 10.2. The number of carbonyl (C=O) groups is 1. The molecule has 1 aromatic heterocycles. The van der Waals surface area contributed by atoms with Gasteiger partial charge in [0.25, 0.3) is 5.56 Å². The SMILES string of the molecule is COc1ccccc1CC(=O)n1sc2ccccc2c1=O. The highest BCUT2D eigenvalue weighted by molar-refractivity contribution is 7.14. The third kappa shape index (κ3) is 2.48. The van der Waals surface area contributed by atoms with Crippen molar-refractivity contribution in [1.82, 2.24) is 3.96 Å². The molecule has 1 heterocycles. The van der Waals surface area contributed by atoms with Crippen LogP contribution in [0.4, 0.5) is 0 Å². The summed E-state index contributed by atoms with van der Waals surface area (Å²) in [7, 11) is 1.56. The minimum atomic E-state index is -0.254. The summed E-state index contributed by atoms with van der Waals surface area (Å²) in [5.74, 6) is 0.408.